The number of hydrogen-bond acceptors (Lipinski definition) is 4. The maximum Gasteiger partial charge on any atom is 0.0826 e. The molecule has 3 fully saturated rings. The Labute approximate surface area is 117 Å². The molecule has 110 valence electrons. The first-order valence-electron chi connectivity index (χ1n) is 8.05. The lowest BCUT2D eigenvalue weighted by Crippen LogP contribution is -2.51. The van der Waals surface area contributed by atoms with E-state index >= 15 is 0 Å². The third-order valence-electron chi connectivity index (χ3n) is 5.40. The van der Waals surface area contributed by atoms with Crippen LogP contribution in [0.15, 0.2) is 0 Å². The van der Waals surface area contributed by atoms with E-state index in [0.717, 1.165) is 44.9 Å². The van der Waals surface area contributed by atoms with Crippen LogP contribution >= 0.6 is 0 Å². The van der Waals surface area contributed by atoms with Crippen LogP contribution in [0.4, 0.5) is 0 Å². The molecule has 0 aromatic heterocycles. The van der Waals surface area contributed by atoms with E-state index in [-0.39, 0.29) is 0 Å². The predicted molar refractivity (Wildman–Crippen MR) is 77.5 cm³/mol. The minimum Gasteiger partial charge on any atom is -0.374 e. The molecule has 0 spiro atoms. The molecule has 0 aromatic rings. The predicted octanol–water partition coefficient (Wildman–Crippen LogP) is 0.922. The molecule has 0 radical (unpaired) electrons. The van der Waals surface area contributed by atoms with Gasteiger partial charge in [0.1, 0.15) is 0 Å². The molecule has 4 heteroatoms. The molecule has 3 unspecified atom stereocenters. The number of hydrogen-bond donors (Lipinski definition) is 1. The van der Waals surface area contributed by atoms with Gasteiger partial charge in [0, 0.05) is 37.8 Å². The van der Waals surface area contributed by atoms with Gasteiger partial charge in [0.05, 0.1) is 12.7 Å². The summed E-state index contributed by atoms with van der Waals surface area (Å²) in [6.07, 6.45) is 5.87. The summed E-state index contributed by atoms with van der Waals surface area (Å²) in [4.78, 5) is 5.10. The van der Waals surface area contributed by atoms with Crippen LogP contribution in [0.1, 0.15) is 32.6 Å². The number of nitrogens with one attached hydrogen (secondary N) is 1. The van der Waals surface area contributed by atoms with Crippen LogP contribution in [0.5, 0.6) is 0 Å². The molecule has 19 heavy (non-hydrogen) atoms. The van der Waals surface area contributed by atoms with Crippen LogP contribution in [0.2, 0.25) is 0 Å². The maximum atomic E-state index is 5.88. The molecule has 3 atom stereocenters. The van der Waals surface area contributed by atoms with Crippen molar-refractivity contribution in [2.45, 2.75) is 56.8 Å². The Balaban J connectivity index is 1.43. The Bertz CT molecular complexity index is 285. The standard InChI is InChI=1S/C15H29N3O/c1-3-18-6-7-19-15(11-18)10-16-12-8-13-4-5-14(9-12)17(13)2/h12-16H,3-11H2,1-2H3. The highest BCUT2D eigenvalue weighted by molar-refractivity contribution is 4.96. The Hall–Kier alpha value is -0.160. The smallest absolute Gasteiger partial charge is 0.0826 e. The number of likely N-dealkylation sites (N-methyl/N-ethyl adjacent to an activating group) is 1. The molecule has 0 aromatic carbocycles. The van der Waals surface area contributed by atoms with Crippen molar-refractivity contribution in [2.75, 3.05) is 39.8 Å². The van der Waals surface area contributed by atoms with Crippen molar-refractivity contribution in [3.05, 3.63) is 0 Å². The largest absolute Gasteiger partial charge is 0.374 e. The van der Waals surface area contributed by atoms with Crippen molar-refractivity contribution in [3.63, 3.8) is 0 Å². The van der Waals surface area contributed by atoms with Crippen molar-refractivity contribution in [2.24, 2.45) is 0 Å². The highest BCUT2D eigenvalue weighted by Crippen LogP contribution is 2.34. The summed E-state index contributed by atoms with van der Waals surface area (Å²) in [6, 6.07) is 2.38. The zero-order valence-electron chi connectivity index (χ0n) is 12.5. The van der Waals surface area contributed by atoms with Gasteiger partial charge in [0.15, 0.2) is 0 Å². The minimum atomic E-state index is 0.394. The van der Waals surface area contributed by atoms with Crippen molar-refractivity contribution >= 4 is 0 Å². The maximum absolute atomic E-state index is 5.88. The first-order valence-corrected chi connectivity index (χ1v) is 8.05. The Kier molecular flexibility index (Phi) is 4.42. The normalized spacial score (nSPS) is 40.7. The molecule has 1 N–H and O–H groups in total. The van der Waals surface area contributed by atoms with Gasteiger partial charge in [-0.15, -0.1) is 0 Å². The number of nitrogens with zero attached hydrogens (tertiary/aromatic N) is 2. The van der Waals surface area contributed by atoms with Crippen molar-refractivity contribution in [1.29, 1.82) is 0 Å². The lowest BCUT2D eigenvalue weighted by molar-refractivity contribution is -0.0276. The lowest BCUT2D eigenvalue weighted by Gasteiger charge is -2.38. The molecular weight excluding hydrogens is 238 g/mol. The van der Waals surface area contributed by atoms with Crippen LogP contribution < -0.4 is 5.32 Å². The summed E-state index contributed by atoms with van der Waals surface area (Å²) in [5.74, 6) is 0. The third kappa shape index (κ3) is 3.13. The number of fused-ring (bicyclic) bond motifs is 2. The quantitative estimate of drug-likeness (QED) is 0.820. The van der Waals surface area contributed by atoms with Crippen molar-refractivity contribution in [1.82, 2.24) is 15.1 Å². The monoisotopic (exact) mass is 267 g/mol. The molecule has 0 aliphatic carbocycles. The van der Waals surface area contributed by atoms with Gasteiger partial charge in [-0.25, -0.2) is 0 Å². The van der Waals surface area contributed by atoms with Crippen LogP contribution in [0, 0.1) is 0 Å². The third-order valence-corrected chi connectivity index (χ3v) is 5.40. The number of ether oxygens (including phenoxy) is 1. The van der Waals surface area contributed by atoms with Gasteiger partial charge >= 0.3 is 0 Å². The zero-order valence-corrected chi connectivity index (χ0v) is 12.5. The molecule has 2 bridgehead atoms. The van der Waals surface area contributed by atoms with Gasteiger partial charge in [0.2, 0.25) is 0 Å². The molecule has 3 aliphatic rings. The summed E-state index contributed by atoms with van der Waals surface area (Å²) in [7, 11) is 2.31. The second-order valence-electron chi connectivity index (χ2n) is 6.51. The molecule has 3 aliphatic heterocycles. The average molecular weight is 267 g/mol. The van der Waals surface area contributed by atoms with Gasteiger partial charge in [0.25, 0.3) is 0 Å². The lowest BCUT2D eigenvalue weighted by atomic mass is 9.98. The minimum absolute atomic E-state index is 0.394. The Morgan fingerprint density at radius 1 is 1.21 bits per heavy atom. The fourth-order valence-corrected chi connectivity index (χ4v) is 4.07. The second kappa shape index (κ2) is 6.08. The Morgan fingerprint density at radius 2 is 1.95 bits per heavy atom. The van der Waals surface area contributed by atoms with Gasteiger partial charge in [-0.05, 0) is 39.3 Å². The van der Waals surface area contributed by atoms with E-state index < -0.39 is 0 Å². The number of morpholine rings is 1. The first kappa shape index (κ1) is 13.8. The first-order chi connectivity index (χ1) is 9.26. The second-order valence-corrected chi connectivity index (χ2v) is 6.51. The van der Waals surface area contributed by atoms with E-state index in [1.807, 2.05) is 0 Å². The van der Waals surface area contributed by atoms with Crippen molar-refractivity contribution in [3.8, 4) is 0 Å². The molecule has 0 amide bonds. The van der Waals surface area contributed by atoms with Gasteiger partial charge < -0.3 is 15.0 Å². The van der Waals surface area contributed by atoms with Crippen LogP contribution in [-0.4, -0.2) is 73.9 Å². The van der Waals surface area contributed by atoms with E-state index in [1.54, 1.807) is 0 Å². The van der Waals surface area contributed by atoms with E-state index in [9.17, 15) is 0 Å². The summed E-state index contributed by atoms with van der Waals surface area (Å²) < 4.78 is 5.88. The molecule has 0 saturated carbocycles. The zero-order chi connectivity index (χ0) is 13.2. The molecular formula is C15H29N3O. The van der Waals surface area contributed by atoms with E-state index in [1.165, 1.54) is 25.7 Å². The van der Waals surface area contributed by atoms with Crippen molar-refractivity contribution < 1.29 is 4.74 Å². The summed E-state index contributed by atoms with van der Waals surface area (Å²) in [6.45, 7) is 7.53. The van der Waals surface area contributed by atoms with E-state index in [0.29, 0.717) is 12.1 Å². The Morgan fingerprint density at radius 3 is 2.63 bits per heavy atom. The number of piperidine rings is 1. The summed E-state index contributed by atoms with van der Waals surface area (Å²) in [5.41, 5.74) is 0. The summed E-state index contributed by atoms with van der Waals surface area (Å²) >= 11 is 0. The average Bonchev–Trinajstić information content (AvgIpc) is 2.68. The topological polar surface area (TPSA) is 27.7 Å². The molecule has 4 nitrogen and oxygen atoms in total. The van der Waals surface area contributed by atoms with Crippen LogP contribution in [0.25, 0.3) is 0 Å². The molecule has 3 heterocycles. The van der Waals surface area contributed by atoms with Gasteiger partial charge in [-0.1, -0.05) is 6.92 Å². The highest BCUT2D eigenvalue weighted by Gasteiger charge is 2.38. The SMILES string of the molecule is CCN1CCOC(CNC2CC3CCC(C2)N3C)C1. The van der Waals surface area contributed by atoms with Gasteiger partial charge in [-0.2, -0.15) is 0 Å². The van der Waals surface area contributed by atoms with E-state index in [4.69, 9.17) is 4.74 Å². The number of rotatable bonds is 4. The van der Waals surface area contributed by atoms with Crippen LogP contribution in [0.3, 0.4) is 0 Å². The highest BCUT2D eigenvalue weighted by atomic mass is 16.5. The van der Waals surface area contributed by atoms with E-state index in [2.05, 4.69) is 29.1 Å². The van der Waals surface area contributed by atoms with Crippen LogP contribution in [-0.2, 0) is 4.74 Å². The summed E-state index contributed by atoms with van der Waals surface area (Å²) in [5, 5.41) is 3.78. The van der Waals surface area contributed by atoms with Gasteiger partial charge in [-0.3, -0.25) is 4.90 Å². The molecule has 3 saturated heterocycles. The molecule has 3 rings (SSSR count). The fourth-order valence-electron chi connectivity index (χ4n) is 4.07. The fraction of sp³-hybridized carbons (Fsp3) is 1.00.